The summed E-state index contributed by atoms with van der Waals surface area (Å²) >= 11 is 0. The smallest absolute Gasteiger partial charge is 0.283 e. The van der Waals surface area contributed by atoms with E-state index in [0.29, 0.717) is 11.5 Å². The zero-order chi connectivity index (χ0) is 21.0. The van der Waals surface area contributed by atoms with E-state index < -0.39 is 44.7 Å². The van der Waals surface area contributed by atoms with Crippen molar-refractivity contribution in [2.24, 2.45) is 0 Å². The molecule has 1 aliphatic heterocycles. The van der Waals surface area contributed by atoms with Crippen LogP contribution >= 0.6 is 0 Å². The molecule has 2 aromatic rings. The van der Waals surface area contributed by atoms with Crippen molar-refractivity contribution < 1.29 is 31.9 Å². The number of fused-ring (bicyclic) bond motifs is 1. The van der Waals surface area contributed by atoms with E-state index >= 15 is 0 Å². The van der Waals surface area contributed by atoms with Crippen LogP contribution in [-0.2, 0) is 19.6 Å². The number of sulfonamides is 1. The first-order valence-electron chi connectivity index (χ1n) is 8.53. The van der Waals surface area contributed by atoms with Gasteiger partial charge in [-0.05, 0) is 31.2 Å². The van der Waals surface area contributed by atoms with Crippen molar-refractivity contribution in [3.63, 3.8) is 0 Å². The molecule has 1 aliphatic rings. The van der Waals surface area contributed by atoms with Gasteiger partial charge in [0.25, 0.3) is 11.8 Å². The number of halogens is 1. The second kappa shape index (κ2) is 8.45. The predicted octanol–water partition coefficient (Wildman–Crippen LogP) is 0.480. The molecule has 2 amide bonds. The van der Waals surface area contributed by atoms with Crippen molar-refractivity contribution in [2.45, 2.75) is 24.0 Å². The molecule has 0 bridgehead atoms. The number of nitrogens with one attached hydrogen (secondary N) is 3. The summed E-state index contributed by atoms with van der Waals surface area (Å²) in [6, 6.07) is 10.3. The SMILES string of the molecule is C[C@H](NS(=O)(=O)c1ccccc1F)C(=O)NNC(=O)[C@@H]1COc2ccccc2O1. The first kappa shape index (κ1) is 20.6. The van der Waals surface area contributed by atoms with Crippen molar-refractivity contribution in [1.29, 1.82) is 0 Å². The first-order chi connectivity index (χ1) is 13.8. The molecule has 0 radical (unpaired) electrons. The minimum atomic E-state index is -4.27. The molecule has 29 heavy (non-hydrogen) atoms. The van der Waals surface area contributed by atoms with E-state index in [4.69, 9.17) is 9.47 Å². The molecular formula is C18H18FN3O6S. The van der Waals surface area contributed by atoms with Crippen LogP contribution in [0.2, 0.25) is 0 Å². The molecule has 3 N–H and O–H groups in total. The van der Waals surface area contributed by atoms with Crippen LogP contribution < -0.4 is 25.0 Å². The Labute approximate surface area is 166 Å². The Hall–Kier alpha value is -3.18. The zero-order valence-corrected chi connectivity index (χ0v) is 16.0. The molecule has 0 saturated carbocycles. The van der Waals surface area contributed by atoms with Gasteiger partial charge in [0.2, 0.25) is 16.1 Å². The average Bonchev–Trinajstić information content (AvgIpc) is 2.71. The van der Waals surface area contributed by atoms with Gasteiger partial charge in [0.15, 0.2) is 11.5 Å². The van der Waals surface area contributed by atoms with Crippen LogP contribution in [0.15, 0.2) is 53.4 Å². The van der Waals surface area contributed by atoms with Gasteiger partial charge in [-0.15, -0.1) is 0 Å². The maximum absolute atomic E-state index is 13.7. The van der Waals surface area contributed by atoms with E-state index in [1.807, 2.05) is 4.72 Å². The predicted molar refractivity (Wildman–Crippen MR) is 98.8 cm³/mol. The van der Waals surface area contributed by atoms with E-state index in [1.54, 1.807) is 24.3 Å². The molecule has 2 atom stereocenters. The summed E-state index contributed by atoms with van der Waals surface area (Å²) in [6.07, 6.45) is -1.00. The Kier molecular flexibility index (Phi) is 5.99. The molecule has 0 saturated heterocycles. The minimum Gasteiger partial charge on any atom is -0.485 e. The lowest BCUT2D eigenvalue weighted by Gasteiger charge is -2.25. The van der Waals surface area contributed by atoms with Crippen molar-refractivity contribution >= 4 is 21.8 Å². The van der Waals surface area contributed by atoms with Crippen LogP contribution in [0, 0.1) is 5.82 Å². The lowest BCUT2D eigenvalue weighted by Crippen LogP contribution is -2.55. The van der Waals surface area contributed by atoms with Crippen LogP contribution in [0.3, 0.4) is 0 Å². The molecule has 0 aliphatic carbocycles. The molecule has 0 fully saturated rings. The van der Waals surface area contributed by atoms with E-state index in [-0.39, 0.29) is 6.61 Å². The normalized spacial score (nSPS) is 16.6. The number of hydrogen-bond donors (Lipinski definition) is 3. The third-order valence-corrected chi connectivity index (χ3v) is 5.54. The Morgan fingerprint density at radius 2 is 1.72 bits per heavy atom. The summed E-state index contributed by atoms with van der Waals surface area (Å²) in [5, 5.41) is 0. The molecule has 9 nitrogen and oxygen atoms in total. The number of ether oxygens (including phenoxy) is 2. The molecule has 2 aromatic carbocycles. The summed E-state index contributed by atoms with van der Waals surface area (Å²) in [5.74, 6) is -1.60. The van der Waals surface area contributed by atoms with Gasteiger partial charge >= 0.3 is 0 Å². The number of benzene rings is 2. The van der Waals surface area contributed by atoms with Gasteiger partial charge in [0.1, 0.15) is 17.3 Å². The summed E-state index contributed by atoms with van der Waals surface area (Å²) in [5.41, 5.74) is 4.25. The van der Waals surface area contributed by atoms with E-state index in [1.165, 1.54) is 19.1 Å². The standard InChI is InChI=1S/C18H18FN3O6S/c1-11(22-29(25,26)16-9-5-2-6-12(16)19)17(23)20-21-18(24)15-10-27-13-7-3-4-8-14(13)28-15/h2-9,11,15,22H,10H2,1H3,(H,20,23)(H,21,24)/t11-,15-/m0/s1. The van der Waals surface area contributed by atoms with Crippen molar-refractivity contribution in [3.8, 4) is 11.5 Å². The quantitative estimate of drug-likeness (QED) is 0.602. The van der Waals surface area contributed by atoms with E-state index in [0.717, 1.165) is 12.1 Å². The fourth-order valence-corrected chi connectivity index (χ4v) is 3.76. The first-order valence-corrected chi connectivity index (χ1v) is 10.0. The van der Waals surface area contributed by atoms with Gasteiger partial charge < -0.3 is 9.47 Å². The van der Waals surface area contributed by atoms with Crippen molar-refractivity contribution in [2.75, 3.05) is 6.61 Å². The fourth-order valence-electron chi connectivity index (χ4n) is 2.47. The maximum Gasteiger partial charge on any atom is 0.283 e. The van der Waals surface area contributed by atoms with E-state index in [2.05, 4.69) is 10.9 Å². The number of carbonyl (C=O) groups excluding carboxylic acids is 2. The highest BCUT2D eigenvalue weighted by Crippen LogP contribution is 2.30. The molecular weight excluding hydrogens is 405 g/mol. The van der Waals surface area contributed by atoms with Gasteiger partial charge in [-0.25, -0.2) is 12.8 Å². The van der Waals surface area contributed by atoms with Gasteiger partial charge in [-0.1, -0.05) is 24.3 Å². The highest BCUT2D eigenvalue weighted by Gasteiger charge is 2.29. The molecule has 0 aromatic heterocycles. The van der Waals surface area contributed by atoms with Gasteiger partial charge in [0.05, 0.1) is 6.04 Å². The molecule has 0 unspecified atom stereocenters. The number of amides is 2. The maximum atomic E-state index is 13.7. The van der Waals surface area contributed by atoms with Crippen LogP contribution in [0.25, 0.3) is 0 Å². The molecule has 1 heterocycles. The number of rotatable bonds is 5. The fraction of sp³-hybridized carbons (Fsp3) is 0.222. The van der Waals surface area contributed by atoms with Gasteiger partial charge in [-0.3, -0.25) is 20.4 Å². The lowest BCUT2D eigenvalue weighted by molar-refractivity contribution is -0.135. The Morgan fingerprint density at radius 1 is 1.07 bits per heavy atom. The number of para-hydroxylation sites is 2. The van der Waals surface area contributed by atoms with Crippen LogP contribution in [0.4, 0.5) is 4.39 Å². The largest absolute Gasteiger partial charge is 0.485 e. The summed E-state index contributed by atoms with van der Waals surface area (Å²) in [7, 11) is -4.27. The number of hydrazine groups is 1. The zero-order valence-electron chi connectivity index (χ0n) is 15.2. The topological polar surface area (TPSA) is 123 Å². The lowest BCUT2D eigenvalue weighted by atomic mass is 10.2. The van der Waals surface area contributed by atoms with Crippen molar-refractivity contribution in [1.82, 2.24) is 15.6 Å². The third-order valence-electron chi connectivity index (χ3n) is 3.96. The van der Waals surface area contributed by atoms with Crippen molar-refractivity contribution in [3.05, 3.63) is 54.3 Å². The Morgan fingerprint density at radius 3 is 2.45 bits per heavy atom. The molecule has 11 heteroatoms. The van der Waals surface area contributed by atoms with Crippen LogP contribution in [-0.4, -0.2) is 39.0 Å². The second-order valence-corrected chi connectivity index (χ2v) is 7.80. The highest BCUT2D eigenvalue weighted by molar-refractivity contribution is 7.89. The van der Waals surface area contributed by atoms with Crippen LogP contribution in [0.1, 0.15) is 6.92 Å². The van der Waals surface area contributed by atoms with Gasteiger partial charge in [0, 0.05) is 0 Å². The monoisotopic (exact) mass is 423 g/mol. The average molecular weight is 423 g/mol. The highest BCUT2D eigenvalue weighted by atomic mass is 32.2. The molecule has 3 rings (SSSR count). The molecule has 0 spiro atoms. The second-order valence-electron chi connectivity index (χ2n) is 6.12. The van der Waals surface area contributed by atoms with Crippen LogP contribution in [0.5, 0.6) is 11.5 Å². The summed E-state index contributed by atoms with van der Waals surface area (Å²) in [6.45, 7) is 1.19. The Balaban J connectivity index is 1.54. The minimum absolute atomic E-state index is 0.0613. The Bertz CT molecular complexity index is 1030. The summed E-state index contributed by atoms with van der Waals surface area (Å²) in [4.78, 5) is 23.7. The number of hydrogen-bond acceptors (Lipinski definition) is 6. The summed E-state index contributed by atoms with van der Waals surface area (Å²) < 4.78 is 51.1. The number of carbonyl (C=O) groups is 2. The van der Waals surface area contributed by atoms with Gasteiger partial charge in [-0.2, -0.15) is 4.72 Å². The van der Waals surface area contributed by atoms with E-state index in [9.17, 15) is 22.4 Å². The third kappa shape index (κ3) is 4.81. The molecule has 154 valence electrons.